The molecule has 28 heavy (non-hydrogen) atoms. The predicted octanol–water partition coefficient (Wildman–Crippen LogP) is 3.73. The van der Waals surface area contributed by atoms with E-state index in [2.05, 4.69) is 4.90 Å². The molecule has 2 aliphatic heterocycles. The molecule has 0 amide bonds. The quantitative estimate of drug-likeness (QED) is 0.814. The van der Waals surface area contributed by atoms with Crippen molar-refractivity contribution in [2.24, 2.45) is 0 Å². The third kappa shape index (κ3) is 3.98. The van der Waals surface area contributed by atoms with Gasteiger partial charge in [-0.2, -0.15) is 0 Å². The second-order valence-electron chi connectivity index (χ2n) is 7.78. The maximum Gasteiger partial charge on any atom is 0.129 e. The van der Waals surface area contributed by atoms with Crippen molar-refractivity contribution in [2.45, 2.75) is 37.1 Å². The molecule has 2 aliphatic rings. The molecule has 1 spiro atoms. The number of rotatable bonds is 4. The summed E-state index contributed by atoms with van der Waals surface area (Å²) in [5.74, 6) is 1.44. The summed E-state index contributed by atoms with van der Waals surface area (Å²) >= 11 is 5.92. The molecule has 0 unspecified atom stereocenters. The van der Waals surface area contributed by atoms with Gasteiger partial charge in [0.15, 0.2) is 0 Å². The Kier molecular flexibility index (Phi) is 5.52. The van der Waals surface area contributed by atoms with Gasteiger partial charge in [0, 0.05) is 42.7 Å². The number of benzene rings is 2. The van der Waals surface area contributed by atoms with Crippen LogP contribution >= 0.6 is 11.6 Å². The molecule has 150 valence electrons. The van der Waals surface area contributed by atoms with Crippen LogP contribution in [0.15, 0.2) is 42.5 Å². The van der Waals surface area contributed by atoms with E-state index in [0.717, 1.165) is 42.8 Å². The minimum Gasteiger partial charge on any atom is -0.497 e. The van der Waals surface area contributed by atoms with Crippen LogP contribution in [0.25, 0.3) is 0 Å². The molecule has 1 saturated heterocycles. The zero-order valence-electron chi connectivity index (χ0n) is 16.0. The molecule has 2 atom stereocenters. The van der Waals surface area contributed by atoms with Crippen LogP contribution in [0.2, 0.25) is 5.02 Å². The number of β-amino-alcohol motifs (C(OH)–C–C–N with tert-alkyl or cyclic N) is 1. The fourth-order valence-electron chi connectivity index (χ4n) is 4.23. The van der Waals surface area contributed by atoms with Gasteiger partial charge in [-0.3, -0.25) is 0 Å². The maximum atomic E-state index is 10.6. The van der Waals surface area contributed by atoms with Gasteiger partial charge in [-0.15, -0.1) is 0 Å². The van der Waals surface area contributed by atoms with Crippen LogP contribution in [0.4, 0.5) is 0 Å². The van der Waals surface area contributed by atoms with E-state index in [1.165, 1.54) is 0 Å². The Morgan fingerprint density at radius 2 is 1.93 bits per heavy atom. The average molecular weight is 404 g/mol. The first-order valence-electron chi connectivity index (χ1n) is 9.69. The molecular weight excluding hydrogens is 378 g/mol. The normalized spacial score (nSPS) is 22.4. The number of hydrogen-bond donors (Lipinski definition) is 2. The van der Waals surface area contributed by atoms with Crippen LogP contribution in [0.5, 0.6) is 11.5 Å². The summed E-state index contributed by atoms with van der Waals surface area (Å²) in [4.78, 5) is 2.25. The first-order chi connectivity index (χ1) is 13.5. The number of fused-ring (bicyclic) bond motifs is 1. The minimum atomic E-state index is -0.547. The van der Waals surface area contributed by atoms with Crippen LogP contribution in [0.3, 0.4) is 0 Å². The van der Waals surface area contributed by atoms with Crippen LogP contribution in [-0.4, -0.2) is 47.5 Å². The van der Waals surface area contributed by atoms with E-state index < -0.39 is 12.2 Å². The summed E-state index contributed by atoms with van der Waals surface area (Å²) in [6.07, 6.45) is 1.15. The predicted molar refractivity (Wildman–Crippen MR) is 108 cm³/mol. The fraction of sp³-hybridized carbons (Fsp3) is 0.455. The SMILES string of the molecule is COc1ccc2c(c1)OC1(CCN(C[C@@H](O)c3ccc(Cl)cc3)CC1)C[C@H]2O. The van der Waals surface area contributed by atoms with Gasteiger partial charge in [0.25, 0.3) is 0 Å². The lowest BCUT2D eigenvalue weighted by atomic mass is 9.81. The molecule has 6 heteroatoms. The topological polar surface area (TPSA) is 62.2 Å². The number of hydrogen-bond acceptors (Lipinski definition) is 5. The van der Waals surface area contributed by atoms with Crippen molar-refractivity contribution in [2.75, 3.05) is 26.7 Å². The highest BCUT2D eigenvalue weighted by Gasteiger charge is 2.43. The van der Waals surface area contributed by atoms with Gasteiger partial charge < -0.3 is 24.6 Å². The molecule has 0 radical (unpaired) electrons. The lowest BCUT2D eigenvalue weighted by Crippen LogP contribution is -2.51. The van der Waals surface area contributed by atoms with Crippen molar-refractivity contribution in [3.05, 3.63) is 58.6 Å². The molecule has 0 saturated carbocycles. The van der Waals surface area contributed by atoms with E-state index in [-0.39, 0.29) is 5.60 Å². The third-order valence-electron chi connectivity index (χ3n) is 5.92. The molecular formula is C22H26ClNO4. The summed E-state index contributed by atoms with van der Waals surface area (Å²) in [6.45, 7) is 2.21. The number of methoxy groups -OCH3 is 1. The third-order valence-corrected chi connectivity index (χ3v) is 6.18. The zero-order valence-corrected chi connectivity index (χ0v) is 16.7. The molecule has 2 heterocycles. The number of piperidine rings is 1. The molecule has 1 fully saturated rings. The van der Waals surface area contributed by atoms with E-state index in [0.29, 0.717) is 23.7 Å². The standard InChI is InChI=1S/C22H26ClNO4/c1-27-17-6-7-18-19(25)13-22(28-21(18)12-17)8-10-24(11-9-22)14-20(26)15-2-4-16(23)5-3-15/h2-7,12,19-20,25-26H,8-11,13-14H2,1H3/t19-,20-/m1/s1. The summed E-state index contributed by atoms with van der Waals surface area (Å²) in [5, 5.41) is 21.8. The lowest BCUT2D eigenvalue weighted by molar-refractivity contribution is -0.0588. The van der Waals surface area contributed by atoms with Gasteiger partial charge in [0.1, 0.15) is 17.1 Å². The second-order valence-corrected chi connectivity index (χ2v) is 8.21. The van der Waals surface area contributed by atoms with Gasteiger partial charge in [-0.25, -0.2) is 0 Å². The Morgan fingerprint density at radius 3 is 2.61 bits per heavy atom. The van der Waals surface area contributed by atoms with Gasteiger partial charge in [-0.05, 0) is 42.7 Å². The van der Waals surface area contributed by atoms with E-state index >= 15 is 0 Å². The van der Waals surface area contributed by atoms with E-state index in [9.17, 15) is 10.2 Å². The second kappa shape index (κ2) is 7.91. The summed E-state index contributed by atoms with van der Waals surface area (Å²) in [5.41, 5.74) is 1.34. The Bertz CT molecular complexity index is 818. The molecule has 4 rings (SSSR count). The molecule has 2 aromatic carbocycles. The number of ether oxygens (including phenoxy) is 2. The Labute approximate surface area is 170 Å². The molecule has 0 aromatic heterocycles. The number of halogens is 1. The summed E-state index contributed by atoms with van der Waals surface area (Å²) < 4.78 is 11.7. The van der Waals surface area contributed by atoms with Crippen LogP contribution in [0.1, 0.15) is 42.6 Å². The minimum absolute atomic E-state index is 0.361. The van der Waals surface area contributed by atoms with Gasteiger partial charge in [0.05, 0.1) is 19.3 Å². The molecule has 5 nitrogen and oxygen atoms in total. The number of likely N-dealkylation sites (tertiary alicyclic amines) is 1. The van der Waals surface area contributed by atoms with Crippen LogP contribution < -0.4 is 9.47 Å². The zero-order chi connectivity index (χ0) is 19.7. The van der Waals surface area contributed by atoms with Crippen molar-refractivity contribution in [1.82, 2.24) is 4.90 Å². The highest BCUT2D eigenvalue weighted by Crippen LogP contribution is 2.45. The highest BCUT2D eigenvalue weighted by molar-refractivity contribution is 6.30. The van der Waals surface area contributed by atoms with Crippen molar-refractivity contribution in [3.63, 3.8) is 0 Å². The van der Waals surface area contributed by atoms with Crippen molar-refractivity contribution in [1.29, 1.82) is 0 Å². The van der Waals surface area contributed by atoms with E-state index in [4.69, 9.17) is 21.1 Å². The smallest absolute Gasteiger partial charge is 0.129 e. The van der Waals surface area contributed by atoms with Gasteiger partial charge in [-0.1, -0.05) is 23.7 Å². The van der Waals surface area contributed by atoms with Crippen LogP contribution in [-0.2, 0) is 0 Å². The highest BCUT2D eigenvalue weighted by atomic mass is 35.5. The number of nitrogens with zero attached hydrogens (tertiary/aromatic N) is 1. The molecule has 0 bridgehead atoms. The van der Waals surface area contributed by atoms with E-state index in [1.54, 1.807) is 19.2 Å². The van der Waals surface area contributed by atoms with Gasteiger partial charge in [0.2, 0.25) is 0 Å². The van der Waals surface area contributed by atoms with Crippen molar-refractivity contribution >= 4 is 11.6 Å². The fourth-order valence-corrected chi connectivity index (χ4v) is 4.35. The Balaban J connectivity index is 1.40. The number of aliphatic hydroxyl groups is 2. The monoisotopic (exact) mass is 403 g/mol. The first kappa shape index (κ1) is 19.5. The largest absolute Gasteiger partial charge is 0.497 e. The summed E-state index contributed by atoms with van der Waals surface area (Å²) in [6, 6.07) is 12.9. The van der Waals surface area contributed by atoms with Crippen molar-refractivity contribution < 1.29 is 19.7 Å². The molecule has 0 aliphatic carbocycles. The maximum absolute atomic E-state index is 10.6. The Hall–Kier alpha value is -1.79. The van der Waals surface area contributed by atoms with Crippen LogP contribution in [0, 0.1) is 0 Å². The van der Waals surface area contributed by atoms with Gasteiger partial charge >= 0.3 is 0 Å². The molecule has 2 N–H and O–H groups in total. The number of aliphatic hydroxyl groups excluding tert-OH is 2. The van der Waals surface area contributed by atoms with Crippen molar-refractivity contribution in [3.8, 4) is 11.5 Å². The lowest BCUT2D eigenvalue weighted by Gasteiger charge is -2.46. The average Bonchev–Trinajstić information content (AvgIpc) is 2.70. The molecule has 2 aromatic rings. The first-order valence-corrected chi connectivity index (χ1v) is 10.1. The Morgan fingerprint density at radius 1 is 1.21 bits per heavy atom. The van der Waals surface area contributed by atoms with E-state index in [1.807, 2.05) is 30.3 Å². The summed E-state index contributed by atoms with van der Waals surface area (Å²) in [7, 11) is 1.63.